The van der Waals surface area contributed by atoms with Gasteiger partial charge in [-0.3, -0.25) is 0 Å². The van der Waals surface area contributed by atoms with Crippen LogP contribution >= 0.6 is 0 Å². The molecular weight excluding hydrogens is 568 g/mol. The Kier molecular flexibility index (Phi) is 7.92. The van der Waals surface area contributed by atoms with Crippen molar-refractivity contribution in [2.75, 3.05) is 0 Å². The maximum atomic E-state index is 2.36. The van der Waals surface area contributed by atoms with Gasteiger partial charge in [0.2, 0.25) is 0 Å². The van der Waals surface area contributed by atoms with Crippen molar-refractivity contribution in [1.29, 1.82) is 0 Å². The Morgan fingerprint density at radius 3 is 0.828 bits per heavy atom. The summed E-state index contributed by atoms with van der Waals surface area (Å²) in [4.78, 5) is 0. The van der Waals surface area contributed by atoms with E-state index in [2.05, 4.69) is 121 Å². The molecule has 0 N–H and O–H groups in total. The Bertz CT molecular complexity index is 808. The van der Waals surface area contributed by atoms with Crippen LogP contribution in [0.15, 0.2) is 121 Å². The van der Waals surface area contributed by atoms with Gasteiger partial charge in [0.25, 0.3) is 0 Å². The van der Waals surface area contributed by atoms with Crippen molar-refractivity contribution in [3.8, 4) is 0 Å². The molecule has 0 aliphatic rings. The third-order valence-electron chi connectivity index (χ3n) is 5.03. The minimum atomic E-state index is -1.69. The predicted octanol–water partition coefficient (Wildman–Crippen LogP) is 3.99. The Morgan fingerprint density at radius 1 is 0.345 bits per heavy atom. The molecule has 0 spiro atoms. The van der Waals surface area contributed by atoms with Gasteiger partial charge in [-0.05, 0) is 0 Å². The van der Waals surface area contributed by atoms with Gasteiger partial charge >= 0.3 is 191 Å². The second-order valence-corrected chi connectivity index (χ2v) is 20.3. The summed E-state index contributed by atoms with van der Waals surface area (Å²) in [5.74, 6) is 0. The van der Waals surface area contributed by atoms with Crippen LogP contribution in [0.4, 0.5) is 0 Å². The van der Waals surface area contributed by atoms with Gasteiger partial charge < -0.3 is 0 Å². The first kappa shape index (κ1) is 20.8. The fourth-order valence-corrected chi connectivity index (χ4v) is 19.3. The van der Waals surface area contributed by atoms with Gasteiger partial charge in [0.1, 0.15) is 0 Å². The van der Waals surface area contributed by atoms with Crippen LogP contribution in [0.5, 0.6) is 0 Å². The van der Waals surface area contributed by atoms with E-state index < -0.39 is 40.4 Å². The fourth-order valence-electron chi connectivity index (χ4n) is 3.63. The average Bonchev–Trinajstić information content (AvgIpc) is 2.81. The van der Waals surface area contributed by atoms with E-state index in [9.17, 15) is 0 Å². The first-order valence-corrected chi connectivity index (χ1v) is 18.9. The average molecular weight is 594 g/mol. The van der Waals surface area contributed by atoms with E-state index in [1.807, 2.05) is 0 Å². The van der Waals surface area contributed by atoms with E-state index in [1.54, 1.807) is 14.0 Å². The summed E-state index contributed by atoms with van der Waals surface area (Å²) >= 11 is -3.39. The number of benzene rings is 4. The molecule has 0 radical (unpaired) electrons. The van der Waals surface area contributed by atoms with Crippen LogP contribution in [-0.2, 0) is 0 Å². The van der Waals surface area contributed by atoms with Gasteiger partial charge in [-0.25, -0.2) is 0 Å². The predicted molar refractivity (Wildman–Crippen MR) is 130 cm³/mol. The third-order valence-corrected chi connectivity index (χ3v) is 19.9. The molecule has 0 aromatic heterocycles. The van der Waals surface area contributed by atoms with Crippen molar-refractivity contribution in [2.24, 2.45) is 0 Å². The second-order valence-electron chi connectivity index (χ2n) is 7.00. The molecule has 0 heterocycles. The minimum absolute atomic E-state index is 1.35. The van der Waals surface area contributed by atoms with Crippen molar-refractivity contribution in [1.82, 2.24) is 0 Å². The van der Waals surface area contributed by atoms with Gasteiger partial charge in [0.15, 0.2) is 0 Å². The second kappa shape index (κ2) is 11.1. The summed E-state index contributed by atoms with van der Waals surface area (Å²) in [6.45, 7) is 0. The van der Waals surface area contributed by atoms with Gasteiger partial charge in [0, 0.05) is 0 Å². The van der Waals surface area contributed by atoms with Gasteiger partial charge in [0.05, 0.1) is 0 Å². The molecular formula is C27H26Sb2. The molecule has 0 unspecified atom stereocenters. The summed E-state index contributed by atoms with van der Waals surface area (Å²) < 4.78 is 9.23. The van der Waals surface area contributed by atoms with Crippen LogP contribution in [0, 0.1) is 0 Å². The number of rotatable bonds is 8. The zero-order chi connectivity index (χ0) is 19.7. The van der Waals surface area contributed by atoms with Crippen LogP contribution < -0.4 is 14.0 Å². The Morgan fingerprint density at radius 2 is 0.586 bits per heavy atom. The van der Waals surface area contributed by atoms with Gasteiger partial charge in [-0.2, -0.15) is 0 Å². The molecule has 0 aliphatic carbocycles. The monoisotopic (exact) mass is 592 g/mol. The Hall–Kier alpha value is -1.48. The van der Waals surface area contributed by atoms with Gasteiger partial charge in [-0.15, -0.1) is 0 Å². The molecule has 4 aromatic carbocycles. The first-order chi connectivity index (χ1) is 14.4. The van der Waals surface area contributed by atoms with Crippen molar-refractivity contribution >= 4 is 54.5 Å². The molecule has 0 bridgehead atoms. The van der Waals surface area contributed by atoms with Gasteiger partial charge in [-0.1, -0.05) is 0 Å². The summed E-state index contributed by atoms with van der Waals surface area (Å²) in [5, 5.41) is 0. The summed E-state index contributed by atoms with van der Waals surface area (Å²) in [5.41, 5.74) is 0. The standard InChI is InChI=1S/4C6H5.C3H6.2Sb/c4*1-2-4-6-5-3-1;1-3-2;;/h4*1-5H;1-3H2;;. The summed E-state index contributed by atoms with van der Waals surface area (Å²) in [6.07, 6.45) is 1.35. The van der Waals surface area contributed by atoms with Crippen molar-refractivity contribution < 1.29 is 0 Å². The molecule has 0 amide bonds. The topological polar surface area (TPSA) is 0 Å². The van der Waals surface area contributed by atoms with E-state index in [1.165, 1.54) is 15.2 Å². The number of hydrogen-bond acceptors (Lipinski definition) is 0. The number of hydrogen-bond donors (Lipinski definition) is 0. The molecule has 0 fully saturated rings. The quantitative estimate of drug-likeness (QED) is 0.271. The van der Waals surface area contributed by atoms with Crippen LogP contribution in [0.25, 0.3) is 0 Å². The molecule has 2 heteroatoms. The zero-order valence-electron chi connectivity index (χ0n) is 16.6. The Balaban J connectivity index is 1.53. The van der Waals surface area contributed by atoms with E-state index >= 15 is 0 Å². The van der Waals surface area contributed by atoms with Crippen LogP contribution in [0.3, 0.4) is 0 Å². The molecule has 4 aromatic rings. The molecule has 0 saturated heterocycles. The molecule has 0 aliphatic heterocycles. The van der Waals surface area contributed by atoms with Crippen LogP contribution in [0.2, 0.25) is 8.73 Å². The summed E-state index contributed by atoms with van der Waals surface area (Å²) in [6, 6.07) is 45.2. The molecule has 4 rings (SSSR count). The van der Waals surface area contributed by atoms with Crippen molar-refractivity contribution in [3.63, 3.8) is 0 Å². The van der Waals surface area contributed by atoms with Crippen molar-refractivity contribution in [2.45, 2.75) is 15.2 Å². The normalized spacial score (nSPS) is 11.1. The van der Waals surface area contributed by atoms with Crippen LogP contribution in [-0.4, -0.2) is 40.4 Å². The Labute approximate surface area is 189 Å². The molecule has 29 heavy (non-hydrogen) atoms. The summed E-state index contributed by atoms with van der Waals surface area (Å²) in [7, 11) is 0. The molecule has 144 valence electrons. The third kappa shape index (κ3) is 5.78. The van der Waals surface area contributed by atoms with E-state index in [4.69, 9.17) is 0 Å². The van der Waals surface area contributed by atoms with E-state index in [-0.39, 0.29) is 0 Å². The SMILES string of the molecule is c1cc[c]([Sb]([CH2]C[CH2][Sb]([c]2ccccc2)[c]2ccccc2)[c]2ccccc2)cc1. The maximum absolute atomic E-state index is 2.36. The molecule has 0 nitrogen and oxygen atoms in total. The van der Waals surface area contributed by atoms with Crippen molar-refractivity contribution in [3.05, 3.63) is 121 Å². The molecule has 0 atom stereocenters. The first-order valence-electron chi connectivity index (χ1n) is 10.2. The fraction of sp³-hybridized carbons (Fsp3) is 0.111. The van der Waals surface area contributed by atoms with E-state index in [0.29, 0.717) is 0 Å². The molecule has 0 saturated carbocycles. The van der Waals surface area contributed by atoms with E-state index in [0.717, 1.165) is 0 Å². The zero-order valence-corrected chi connectivity index (χ0v) is 21.7. The van der Waals surface area contributed by atoms with Crippen LogP contribution in [0.1, 0.15) is 6.42 Å².